The Bertz CT molecular complexity index is 886. The maximum absolute atomic E-state index is 12.5. The standard InChI is InChI=1S/C23H27N3O4/c1-30-18-8-4-16(5-9-18)11-24-23(29)25-17-6-2-15(3-7-17)10-22(28)26-12-19-20(13-26)21(19)14-27/h2-9,19-21,27H,10-14H2,1H3,(H2,24,25,29). The number of nitrogens with zero attached hydrogens (tertiary/aromatic N) is 1. The molecule has 0 aromatic heterocycles. The Morgan fingerprint density at radius 3 is 2.27 bits per heavy atom. The summed E-state index contributed by atoms with van der Waals surface area (Å²) in [6.07, 6.45) is 0.354. The van der Waals surface area contributed by atoms with Crippen LogP contribution in [0.2, 0.25) is 0 Å². The van der Waals surface area contributed by atoms with E-state index in [4.69, 9.17) is 4.74 Å². The first-order valence-corrected chi connectivity index (χ1v) is 10.2. The van der Waals surface area contributed by atoms with Crippen molar-refractivity contribution in [3.05, 3.63) is 59.7 Å². The van der Waals surface area contributed by atoms with Crippen LogP contribution in [0.4, 0.5) is 10.5 Å². The number of ether oxygens (including phenoxy) is 1. The molecule has 7 nitrogen and oxygen atoms in total. The van der Waals surface area contributed by atoms with Crippen molar-refractivity contribution >= 4 is 17.6 Å². The fourth-order valence-electron chi connectivity index (χ4n) is 4.22. The number of benzene rings is 2. The lowest BCUT2D eigenvalue weighted by atomic mass is 10.1. The first-order valence-electron chi connectivity index (χ1n) is 10.2. The van der Waals surface area contributed by atoms with Gasteiger partial charge in [0, 0.05) is 31.9 Å². The number of rotatable bonds is 7. The van der Waals surface area contributed by atoms with Crippen LogP contribution < -0.4 is 15.4 Å². The molecule has 2 atom stereocenters. The zero-order valence-electron chi connectivity index (χ0n) is 17.0. The number of anilines is 1. The molecular formula is C23H27N3O4. The molecule has 1 saturated heterocycles. The van der Waals surface area contributed by atoms with Crippen molar-refractivity contribution in [3.8, 4) is 5.75 Å². The number of fused-ring (bicyclic) bond motifs is 1. The van der Waals surface area contributed by atoms with Gasteiger partial charge in [0.2, 0.25) is 5.91 Å². The average Bonchev–Trinajstić information content (AvgIpc) is 3.24. The number of hydrogen-bond acceptors (Lipinski definition) is 4. The molecule has 2 aliphatic rings. The molecule has 0 bridgehead atoms. The van der Waals surface area contributed by atoms with Gasteiger partial charge in [0.1, 0.15) is 5.75 Å². The molecule has 0 spiro atoms. The molecule has 1 saturated carbocycles. The van der Waals surface area contributed by atoms with Crippen molar-refractivity contribution in [2.75, 3.05) is 32.1 Å². The number of aliphatic hydroxyl groups is 1. The first kappa shape index (κ1) is 20.2. The summed E-state index contributed by atoms with van der Waals surface area (Å²) < 4.78 is 5.12. The predicted molar refractivity (Wildman–Crippen MR) is 113 cm³/mol. The van der Waals surface area contributed by atoms with Crippen LogP contribution in [0.1, 0.15) is 11.1 Å². The molecular weight excluding hydrogens is 382 g/mol. The molecule has 1 heterocycles. The van der Waals surface area contributed by atoms with Gasteiger partial charge in [0.15, 0.2) is 0 Å². The van der Waals surface area contributed by atoms with Crippen molar-refractivity contribution in [1.29, 1.82) is 0 Å². The van der Waals surface area contributed by atoms with E-state index in [-0.39, 0.29) is 18.5 Å². The van der Waals surface area contributed by atoms with Crippen LogP contribution in [0.25, 0.3) is 0 Å². The summed E-state index contributed by atoms with van der Waals surface area (Å²) in [5, 5.41) is 14.8. The minimum atomic E-state index is -0.288. The highest BCUT2D eigenvalue weighted by Crippen LogP contribution is 2.51. The highest BCUT2D eigenvalue weighted by atomic mass is 16.5. The molecule has 3 amide bonds. The van der Waals surface area contributed by atoms with Crippen molar-refractivity contribution in [2.45, 2.75) is 13.0 Å². The van der Waals surface area contributed by atoms with Crippen LogP contribution in [-0.4, -0.2) is 48.8 Å². The topological polar surface area (TPSA) is 90.9 Å². The summed E-state index contributed by atoms with van der Waals surface area (Å²) >= 11 is 0. The Morgan fingerprint density at radius 2 is 1.67 bits per heavy atom. The van der Waals surface area contributed by atoms with Gasteiger partial charge < -0.3 is 25.4 Å². The number of likely N-dealkylation sites (tertiary alicyclic amines) is 1. The Morgan fingerprint density at radius 1 is 1.03 bits per heavy atom. The second-order valence-corrected chi connectivity index (χ2v) is 8.00. The van der Waals surface area contributed by atoms with Crippen LogP contribution in [0.5, 0.6) is 5.75 Å². The third-order valence-corrected chi connectivity index (χ3v) is 6.11. The number of nitrogens with one attached hydrogen (secondary N) is 2. The fraction of sp³-hybridized carbons (Fsp3) is 0.391. The van der Waals surface area contributed by atoms with Crippen LogP contribution in [-0.2, 0) is 17.8 Å². The van der Waals surface area contributed by atoms with E-state index in [1.54, 1.807) is 19.2 Å². The molecule has 7 heteroatoms. The molecule has 1 aliphatic heterocycles. The Balaban J connectivity index is 1.21. The minimum absolute atomic E-state index is 0.122. The fourth-order valence-corrected chi connectivity index (χ4v) is 4.22. The second-order valence-electron chi connectivity index (χ2n) is 8.00. The van der Waals surface area contributed by atoms with Gasteiger partial charge in [-0.2, -0.15) is 0 Å². The van der Waals surface area contributed by atoms with Gasteiger partial charge in [-0.15, -0.1) is 0 Å². The zero-order chi connectivity index (χ0) is 21.1. The molecule has 30 heavy (non-hydrogen) atoms. The number of aliphatic hydroxyl groups excluding tert-OH is 1. The van der Waals surface area contributed by atoms with Gasteiger partial charge >= 0.3 is 6.03 Å². The molecule has 1 aliphatic carbocycles. The van der Waals surface area contributed by atoms with E-state index >= 15 is 0 Å². The summed E-state index contributed by atoms with van der Waals surface area (Å²) in [7, 11) is 1.61. The SMILES string of the molecule is COc1ccc(CNC(=O)Nc2ccc(CC(=O)N3CC4C(CO)C4C3)cc2)cc1. The van der Waals surface area contributed by atoms with Crippen molar-refractivity contribution in [1.82, 2.24) is 10.2 Å². The first-order chi connectivity index (χ1) is 14.6. The van der Waals surface area contributed by atoms with Crippen molar-refractivity contribution < 1.29 is 19.4 Å². The number of carbonyl (C=O) groups is 2. The van der Waals surface area contributed by atoms with Crippen LogP contribution >= 0.6 is 0 Å². The van der Waals surface area contributed by atoms with Crippen molar-refractivity contribution in [2.24, 2.45) is 17.8 Å². The smallest absolute Gasteiger partial charge is 0.319 e. The zero-order valence-corrected chi connectivity index (χ0v) is 17.0. The van der Waals surface area contributed by atoms with Crippen molar-refractivity contribution in [3.63, 3.8) is 0 Å². The lowest BCUT2D eigenvalue weighted by Gasteiger charge is -2.19. The number of urea groups is 1. The minimum Gasteiger partial charge on any atom is -0.497 e. The molecule has 158 valence electrons. The van der Waals surface area contributed by atoms with E-state index in [1.807, 2.05) is 41.3 Å². The summed E-state index contributed by atoms with van der Waals surface area (Å²) in [4.78, 5) is 26.5. The molecule has 2 aromatic rings. The van der Waals surface area contributed by atoms with Crippen LogP contribution in [0.15, 0.2) is 48.5 Å². The lowest BCUT2D eigenvalue weighted by Crippen LogP contribution is -2.33. The summed E-state index contributed by atoms with van der Waals surface area (Å²) in [5.41, 5.74) is 2.57. The lowest BCUT2D eigenvalue weighted by molar-refractivity contribution is -0.130. The monoisotopic (exact) mass is 409 g/mol. The van der Waals surface area contributed by atoms with E-state index in [9.17, 15) is 14.7 Å². The predicted octanol–water partition coefficient (Wildman–Crippen LogP) is 2.26. The van der Waals surface area contributed by atoms with E-state index in [0.29, 0.717) is 36.4 Å². The van der Waals surface area contributed by atoms with Gasteiger partial charge in [0.05, 0.1) is 13.5 Å². The maximum Gasteiger partial charge on any atom is 0.319 e. The van der Waals surface area contributed by atoms with Gasteiger partial charge in [-0.05, 0) is 53.1 Å². The third-order valence-electron chi connectivity index (χ3n) is 6.11. The normalized spacial score (nSPS) is 21.7. The van der Waals surface area contributed by atoms with Gasteiger partial charge in [-0.25, -0.2) is 4.79 Å². The van der Waals surface area contributed by atoms with E-state index in [2.05, 4.69) is 10.6 Å². The summed E-state index contributed by atoms with van der Waals surface area (Å²) in [6.45, 7) is 2.18. The molecule has 2 fully saturated rings. The maximum atomic E-state index is 12.5. The summed E-state index contributed by atoms with van der Waals surface area (Å²) in [6, 6.07) is 14.6. The van der Waals surface area contributed by atoms with Crippen LogP contribution in [0, 0.1) is 17.8 Å². The average molecular weight is 409 g/mol. The summed E-state index contributed by atoms with van der Waals surface area (Å²) in [5.74, 6) is 2.27. The van der Waals surface area contributed by atoms with E-state index in [0.717, 1.165) is 30.0 Å². The van der Waals surface area contributed by atoms with Crippen LogP contribution in [0.3, 0.4) is 0 Å². The Hall–Kier alpha value is -3.06. The molecule has 2 aromatic carbocycles. The number of hydrogen-bond donors (Lipinski definition) is 3. The highest BCUT2D eigenvalue weighted by Gasteiger charge is 2.55. The van der Waals surface area contributed by atoms with Gasteiger partial charge in [-0.3, -0.25) is 4.79 Å². The Kier molecular flexibility index (Phi) is 5.90. The molecule has 2 unspecified atom stereocenters. The van der Waals surface area contributed by atoms with E-state index < -0.39 is 0 Å². The molecule has 0 radical (unpaired) electrons. The molecule has 3 N–H and O–H groups in total. The highest BCUT2D eigenvalue weighted by molar-refractivity contribution is 5.89. The quantitative estimate of drug-likeness (QED) is 0.654. The number of carbonyl (C=O) groups excluding carboxylic acids is 2. The number of methoxy groups -OCH3 is 1. The molecule has 4 rings (SSSR count). The number of piperidine rings is 1. The van der Waals surface area contributed by atoms with Gasteiger partial charge in [0.25, 0.3) is 0 Å². The van der Waals surface area contributed by atoms with E-state index in [1.165, 1.54) is 0 Å². The number of amides is 3. The second kappa shape index (κ2) is 8.75. The largest absolute Gasteiger partial charge is 0.497 e. The third kappa shape index (κ3) is 4.57. The van der Waals surface area contributed by atoms with Gasteiger partial charge in [-0.1, -0.05) is 24.3 Å². The Labute approximate surface area is 176 Å².